The van der Waals surface area contributed by atoms with Gasteiger partial charge < -0.3 is 0 Å². The van der Waals surface area contributed by atoms with E-state index in [1.165, 1.54) is 12.3 Å². The molecule has 7 heteroatoms. The molecule has 0 bridgehead atoms. The summed E-state index contributed by atoms with van der Waals surface area (Å²) in [7, 11) is 0. The number of H-pyrrole nitrogens is 1. The summed E-state index contributed by atoms with van der Waals surface area (Å²) in [6.07, 6.45) is 3.69. The van der Waals surface area contributed by atoms with Crippen molar-refractivity contribution in [3.05, 3.63) is 34.1 Å². The number of nitro groups is 1. The summed E-state index contributed by atoms with van der Waals surface area (Å²) in [6.45, 7) is 0. The van der Waals surface area contributed by atoms with E-state index in [1.807, 2.05) is 0 Å². The molecule has 0 aromatic carbocycles. The predicted octanol–water partition coefficient (Wildman–Crippen LogP) is 0.600. The maximum atomic E-state index is 10.1. The Morgan fingerprint density at radius 2 is 2.36 bits per heavy atom. The number of fused-ring (bicyclic) bond motifs is 1. The van der Waals surface area contributed by atoms with Crippen LogP contribution in [0.15, 0.2) is 18.5 Å². The van der Waals surface area contributed by atoms with E-state index in [9.17, 15) is 10.1 Å². The van der Waals surface area contributed by atoms with Gasteiger partial charge in [0, 0.05) is 17.8 Å². The average molecular weight is 191 g/mol. The molecule has 0 amide bonds. The van der Waals surface area contributed by atoms with Crippen LogP contribution < -0.4 is 0 Å². The highest BCUT2D eigenvalue weighted by molar-refractivity contribution is 5.71. The zero-order valence-corrected chi connectivity index (χ0v) is 6.91. The van der Waals surface area contributed by atoms with Crippen molar-refractivity contribution in [1.82, 2.24) is 20.4 Å². The van der Waals surface area contributed by atoms with Crippen molar-refractivity contribution in [3.8, 4) is 0 Å². The van der Waals surface area contributed by atoms with E-state index in [-0.39, 0.29) is 0 Å². The predicted molar refractivity (Wildman–Crippen MR) is 47.7 cm³/mol. The van der Waals surface area contributed by atoms with Gasteiger partial charge in [0.2, 0.25) is 11.8 Å². The molecule has 0 unspecified atom stereocenters. The van der Waals surface area contributed by atoms with Crippen molar-refractivity contribution >= 4 is 17.2 Å². The van der Waals surface area contributed by atoms with Gasteiger partial charge in [0.15, 0.2) is 0 Å². The molecule has 0 fully saturated rings. The molecule has 0 radical (unpaired) electrons. The molecular formula is C7H5N5O2. The molecule has 0 aliphatic rings. The number of aromatic amines is 1. The van der Waals surface area contributed by atoms with E-state index in [0.717, 1.165) is 6.20 Å². The van der Waals surface area contributed by atoms with Gasteiger partial charge >= 0.3 is 0 Å². The lowest BCUT2D eigenvalue weighted by Crippen LogP contribution is -1.84. The normalized spacial score (nSPS) is 11.1. The topological polar surface area (TPSA) is 97.6 Å². The molecule has 2 aromatic heterocycles. The Morgan fingerprint density at radius 1 is 1.50 bits per heavy atom. The van der Waals surface area contributed by atoms with Crippen LogP contribution in [0.5, 0.6) is 0 Å². The molecular weight excluding hydrogens is 186 g/mol. The van der Waals surface area contributed by atoms with Crippen LogP contribution in [0, 0.1) is 10.1 Å². The Kier molecular flexibility index (Phi) is 1.90. The van der Waals surface area contributed by atoms with Crippen LogP contribution in [-0.2, 0) is 0 Å². The molecule has 0 atom stereocenters. The van der Waals surface area contributed by atoms with Crippen LogP contribution in [0.25, 0.3) is 17.2 Å². The monoisotopic (exact) mass is 191 g/mol. The van der Waals surface area contributed by atoms with Crippen LogP contribution in [-0.4, -0.2) is 25.3 Å². The van der Waals surface area contributed by atoms with E-state index in [4.69, 9.17) is 0 Å². The van der Waals surface area contributed by atoms with Crippen LogP contribution in [0.4, 0.5) is 0 Å². The van der Waals surface area contributed by atoms with Gasteiger partial charge in [-0.1, -0.05) is 0 Å². The molecule has 0 saturated heterocycles. The summed E-state index contributed by atoms with van der Waals surface area (Å²) in [5.41, 5.74) is 1.68. The fraction of sp³-hybridized carbons (Fsp3) is 0. The number of pyridine rings is 1. The van der Waals surface area contributed by atoms with Crippen molar-refractivity contribution < 1.29 is 4.92 Å². The first-order chi connectivity index (χ1) is 6.75. The van der Waals surface area contributed by atoms with E-state index in [1.54, 1.807) is 6.07 Å². The Morgan fingerprint density at radius 3 is 3.14 bits per heavy atom. The van der Waals surface area contributed by atoms with Crippen molar-refractivity contribution in [1.29, 1.82) is 0 Å². The lowest BCUT2D eigenvalue weighted by molar-refractivity contribution is -0.400. The highest BCUT2D eigenvalue weighted by atomic mass is 16.6. The Balaban J connectivity index is 2.39. The number of nitrogens with one attached hydrogen (secondary N) is 1. The fourth-order valence-corrected chi connectivity index (χ4v) is 0.994. The fourth-order valence-electron chi connectivity index (χ4n) is 0.994. The summed E-state index contributed by atoms with van der Waals surface area (Å²) in [5, 5.41) is 20.0. The highest BCUT2D eigenvalue weighted by Gasteiger charge is 1.99. The second-order valence-corrected chi connectivity index (χ2v) is 2.54. The smallest absolute Gasteiger partial charge is 0.235 e. The van der Waals surface area contributed by atoms with Gasteiger partial charge in [0.1, 0.15) is 5.52 Å². The zero-order chi connectivity index (χ0) is 9.97. The third kappa shape index (κ3) is 1.56. The Hall–Kier alpha value is -2.31. The van der Waals surface area contributed by atoms with E-state index < -0.39 is 4.92 Å². The van der Waals surface area contributed by atoms with E-state index in [0.29, 0.717) is 16.7 Å². The van der Waals surface area contributed by atoms with Gasteiger partial charge in [0.25, 0.3) is 0 Å². The SMILES string of the molecule is O=[N+]([O-])/C=C/c1cnc2n[nH]nc2c1. The molecule has 2 rings (SSSR count). The third-order valence-electron chi connectivity index (χ3n) is 1.58. The minimum atomic E-state index is -0.535. The molecule has 0 spiro atoms. The summed E-state index contributed by atoms with van der Waals surface area (Å²) in [5.74, 6) is 0. The van der Waals surface area contributed by atoms with Crippen LogP contribution in [0.3, 0.4) is 0 Å². The van der Waals surface area contributed by atoms with E-state index >= 15 is 0 Å². The van der Waals surface area contributed by atoms with Crippen LogP contribution in [0.2, 0.25) is 0 Å². The van der Waals surface area contributed by atoms with Gasteiger partial charge in [-0.05, 0) is 6.07 Å². The zero-order valence-electron chi connectivity index (χ0n) is 6.91. The van der Waals surface area contributed by atoms with Crippen molar-refractivity contribution in [3.63, 3.8) is 0 Å². The van der Waals surface area contributed by atoms with Crippen LogP contribution in [0.1, 0.15) is 5.56 Å². The van der Waals surface area contributed by atoms with Gasteiger partial charge in [-0.2, -0.15) is 10.3 Å². The first-order valence-electron chi connectivity index (χ1n) is 3.74. The molecule has 2 aromatic rings. The largest absolute Gasteiger partial charge is 0.259 e. The molecule has 7 nitrogen and oxygen atoms in total. The van der Waals surface area contributed by atoms with Crippen molar-refractivity contribution in [2.75, 3.05) is 0 Å². The number of hydrogen-bond donors (Lipinski definition) is 1. The van der Waals surface area contributed by atoms with Crippen molar-refractivity contribution in [2.24, 2.45) is 0 Å². The minimum Gasteiger partial charge on any atom is -0.259 e. The maximum Gasteiger partial charge on any atom is 0.235 e. The molecule has 70 valence electrons. The average Bonchev–Trinajstić information content (AvgIpc) is 2.61. The maximum absolute atomic E-state index is 10.1. The minimum absolute atomic E-state index is 0.489. The Bertz CT molecular complexity index is 504. The molecule has 0 aliphatic carbocycles. The summed E-state index contributed by atoms with van der Waals surface area (Å²) in [6, 6.07) is 1.66. The number of nitrogens with zero attached hydrogens (tertiary/aromatic N) is 4. The lowest BCUT2D eigenvalue weighted by atomic mass is 10.2. The standard InChI is InChI=1S/C7H5N5O2/c13-12(14)2-1-5-3-6-7(8-4-5)10-11-9-6/h1-4H,(H,8,9,10,11)/b2-1+. The summed E-state index contributed by atoms with van der Waals surface area (Å²) in [4.78, 5) is 13.5. The highest BCUT2D eigenvalue weighted by Crippen LogP contribution is 2.08. The molecule has 14 heavy (non-hydrogen) atoms. The molecule has 0 aliphatic heterocycles. The first-order valence-corrected chi connectivity index (χ1v) is 3.74. The quantitative estimate of drug-likeness (QED) is 0.553. The number of rotatable bonds is 2. The molecule has 2 heterocycles. The first kappa shape index (κ1) is 8.30. The second kappa shape index (κ2) is 3.21. The van der Waals surface area contributed by atoms with Gasteiger partial charge in [-0.3, -0.25) is 10.1 Å². The molecule has 1 N–H and O–H groups in total. The van der Waals surface area contributed by atoms with Crippen molar-refractivity contribution in [2.45, 2.75) is 0 Å². The summed E-state index contributed by atoms with van der Waals surface area (Å²) >= 11 is 0. The van der Waals surface area contributed by atoms with Gasteiger partial charge in [0.05, 0.1) is 4.92 Å². The van der Waals surface area contributed by atoms with Gasteiger partial charge in [-0.15, -0.1) is 5.10 Å². The number of hydrogen-bond acceptors (Lipinski definition) is 5. The second-order valence-electron chi connectivity index (χ2n) is 2.54. The van der Waals surface area contributed by atoms with Crippen LogP contribution >= 0.6 is 0 Å². The summed E-state index contributed by atoms with van der Waals surface area (Å²) < 4.78 is 0. The molecule has 0 saturated carbocycles. The van der Waals surface area contributed by atoms with Gasteiger partial charge in [-0.25, -0.2) is 4.98 Å². The number of aromatic nitrogens is 4. The lowest BCUT2D eigenvalue weighted by Gasteiger charge is -1.88. The van der Waals surface area contributed by atoms with E-state index in [2.05, 4.69) is 20.4 Å². The Labute approximate surface area is 77.6 Å². The third-order valence-corrected chi connectivity index (χ3v) is 1.58.